The zero-order valence-corrected chi connectivity index (χ0v) is 23.6. The van der Waals surface area contributed by atoms with Gasteiger partial charge in [-0.1, -0.05) is 17.7 Å². The first-order valence-corrected chi connectivity index (χ1v) is 14.3. The van der Waals surface area contributed by atoms with Crippen molar-refractivity contribution >= 4 is 40.4 Å². The van der Waals surface area contributed by atoms with Crippen molar-refractivity contribution in [3.8, 4) is 0 Å². The van der Waals surface area contributed by atoms with Gasteiger partial charge in [-0.15, -0.1) is 11.8 Å². The number of carbonyl (C=O) groups excluding carboxylic acids is 1. The maximum atomic E-state index is 14.3. The molecule has 7 nitrogen and oxygen atoms in total. The van der Waals surface area contributed by atoms with Crippen LogP contribution in [0.3, 0.4) is 0 Å². The number of nitrogens with zero attached hydrogens (tertiary/aromatic N) is 5. The number of rotatable bonds is 8. The van der Waals surface area contributed by atoms with Gasteiger partial charge in [0.15, 0.2) is 0 Å². The number of piperidine rings is 1. The van der Waals surface area contributed by atoms with Gasteiger partial charge in [0.05, 0.1) is 35.3 Å². The van der Waals surface area contributed by atoms with Crippen LogP contribution >= 0.6 is 23.4 Å². The van der Waals surface area contributed by atoms with Crippen molar-refractivity contribution in [3.05, 3.63) is 75.3 Å². The Labute approximate surface area is 232 Å². The lowest BCUT2D eigenvalue weighted by Gasteiger charge is -2.41. The van der Waals surface area contributed by atoms with Gasteiger partial charge in [0.25, 0.3) is 0 Å². The maximum Gasteiger partial charge on any atom is 0.337 e. The van der Waals surface area contributed by atoms with Gasteiger partial charge in [-0.05, 0) is 61.7 Å². The number of methoxy groups -OCH3 is 1. The van der Waals surface area contributed by atoms with Crippen LogP contribution in [0.25, 0.3) is 11.0 Å². The van der Waals surface area contributed by atoms with Gasteiger partial charge < -0.3 is 9.30 Å². The quantitative estimate of drug-likeness (QED) is 0.337. The van der Waals surface area contributed by atoms with Gasteiger partial charge in [-0.3, -0.25) is 9.91 Å². The summed E-state index contributed by atoms with van der Waals surface area (Å²) in [6, 6.07) is 10.8. The van der Waals surface area contributed by atoms with E-state index in [-0.39, 0.29) is 11.8 Å². The van der Waals surface area contributed by atoms with E-state index in [9.17, 15) is 9.18 Å². The first-order chi connectivity index (χ1) is 18.4. The number of likely N-dealkylation sites (N-methyl/N-ethyl adjacent to an activating group) is 1. The number of ether oxygens (including phenoxy) is 1. The molecule has 38 heavy (non-hydrogen) atoms. The van der Waals surface area contributed by atoms with Crippen LogP contribution < -0.4 is 0 Å². The molecule has 0 bridgehead atoms. The zero-order chi connectivity index (χ0) is 26.8. The van der Waals surface area contributed by atoms with Crippen LogP contribution in [-0.2, 0) is 23.6 Å². The van der Waals surface area contributed by atoms with E-state index in [4.69, 9.17) is 21.3 Å². The molecule has 0 saturated carbocycles. The van der Waals surface area contributed by atoms with Gasteiger partial charge in [0, 0.05) is 50.0 Å². The van der Waals surface area contributed by atoms with Gasteiger partial charge in [-0.25, -0.2) is 19.2 Å². The number of halogens is 2. The van der Waals surface area contributed by atoms with Crippen molar-refractivity contribution in [1.82, 2.24) is 24.5 Å². The van der Waals surface area contributed by atoms with Gasteiger partial charge in [0.2, 0.25) is 0 Å². The number of aromatic nitrogens is 2. The number of imidazole rings is 1. The standard InChI is InChI=1S/C28H33ClFN5O2S/c1-4-34-25-15-19(28(36)37-3)6-8-24(25)31-26(34)17-33-13-9-22(10-14-33)35-27(11-12-32(35)2)38-18-20-5-7-21(29)16-23(20)30/h5-8,11,15-16,22H,4,9-10,12-14,17-18H2,1-3H3. The fourth-order valence-electron chi connectivity index (χ4n) is 5.35. The molecule has 1 saturated heterocycles. The number of carbonyl (C=O) groups is 1. The first-order valence-electron chi connectivity index (χ1n) is 12.9. The Morgan fingerprint density at radius 1 is 1.21 bits per heavy atom. The van der Waals surface area contributed by atoms with Crippen LogP contribution in [0.5, 0.6) is 0 Å². The summed E-state index contributed by atoms with van der Waals surface area (Å²) < 4.78 is 21.4. The fourth-order valence-corrected chi connectivity index (χ4v) is 6.66. The fraction of sp³-hybridized carbons (Fsp3) is 0.429. The van der Waals surface area contributed by atoms with Crippen molar-refractivity contribution in [2.75, 3.05) is 33.8 Å². The number of aryl methyl sites for hydroxylation is 1. The largest absolute Gasteiger partial charge is 0.465 e. The zero-order valence-electron chi connectivity index (χ0n) is 22.0. The summed E-state index contributed by atoms with van der Waals surface area (Å²) >= 11 is 7.59. The molecule has 0 radical (unpaired) electrons. The molecule has 2 aliphatic rings. The second-order valence-corrected chi connectivity index (χ2v) is 11.2. The minimum atomic E-state index is -0.337. The Kier molecular flexibility index (Phi) is 8.28. The van der Waals surface area contributed by atoms with E-state index in [1.807, 2.05) is 12.1 Å². The molecule has 2 aliphatic heterocycles. The summed E-state index contributed by atoms with van der Waals surface area (Å²) in [5.41, 5.74) is 3.06. The van der Waals surface area contributed by atoms with E-state index in [0.717, 1.165) is 62.4 Å². The maximum absolute atomic E-state index is 14.3. The van der Waals surface area contributed by atoms with Crippen LogP contribution in [0.4, 0.5) is 4.39 Å². The molecular formula is C28H33ClFN5O2S. The topological polar surface area (TPSA) is 53.8 Å². The van der Waals surface area contributed by atoms with Crippen LogP contribution in [0.1, 0.15) is 41.5 Å². The third-order valence-electron chi connectivity index (χ3n) is 7.35. The van der Waals surface area contributed by atoms with Crippen LogP contribution in [0.15, 0.2) is 47.5 Å². The highest BCUT2D eigenvalue weighted by Crippen LogP contribution is 2.35. The number of hydrazine groups is 1. The predicted octanol–water partition coefficient (Wildman–Crippen LogP) is 5.54. The summed E-state index contributed by atoms with van der Waals surface area (Å²) in [6.07, 6.45) is 4.31. The van der Waals surface area contributed by atoms with Crippen LogP contribution in [0, 0.1) is 5.82 Å². The van der Waals surface area contributed by atoms with Gasteiger partial charge in [-0.2, -0.15) is 0 Å². The normalized spacial score (nSPS) is 17.4. The van der Waals surface area contributed by atoms with Crippen molar-refractivity contribution < 1.29 is 13.9 Å². The molecule has 1 fully saturated rings. The molecule has 5 rings (SSSR count). The number of likely N-dealkylation sites (tertiary alicyclic amines) is 1. The van der Waals surface area contributed by atoms with Gasteiger partial charge >= 0.3 is 5.97 Å². The lowest BCUT2D eigenvalue weighted by molar-refractivity contribution is 0.00233. The van der Waals surface area contributed by atoms with E-state index in [0.29, 0.717) is 27.9 Å². The highest BCUT2D eigenvalue weighted by atomic mass is 35.5. The number of benzene rings is 2. The summed E-state index contributed by atoms with van der Waals surface area (Å²) in [4.78, 5) is 19.4. The highest BCUT2D eigenvalue weighted by Gasteiger charge is 2.32. The van der Waals surface area contributed by atoms with Gasteiger partial charge in [0.1, 0.15) is 11.6 Å². The van der Waals surface area contributed by atoms with E-state index in [1.54, 1.807) is 30.0 Å². The highest BCUT2D eigenvalue weighted by molar-refractivity contribution is 8.02. The second-order valence-electron chi connectivity index (χ2n) is 9.73. The molecule has 0 unspecified atom stereocenters. The SMILES string of the molecule is CCn1c(CN2CCC(N3C(SCc4ccc(Cl)cc4F)=CCN3C)CC2)nc2ccc(C(=O)OC)cc21. The molecule has 10 heteroatoms. The molecule has 0 N–H and O–H groups in total. The van der Waals surface area contributed by atoms with Crippen molar-refractivity contribution in [2.45, 2.75) is 44.6 Å². The average molecular weight is 558 g/mol. The molecule has 0 spiro atoms. The first kappa shape index (κ1) is 27.0. The van der Waals surface area contributed by atoms with E-state index in [2.05, 4.69) is 39.5 Å². The lowest BCUT2D eigenvalue weighted by atomic mass is 10.0. The summed E-state index contributed by atoms with van der Waals surface area (Å²) in [6.45, 7) is 6.46. The van der Waals surface area contributed by atoms with Crippen molar-refractivity contribution in [3.63, 3.8) is 0 Å². The number of hydrogen-bond acceptors (Lipinski definition) is 7. The third kappa shape index (κ3) is 5.57. The number of thioether (sulfide) groups is 1. The van der Waals surface area contributed by atoms with Crippen LogP contribution in [0.2, 0.25) is 5.02 Å². The van der Waals surface area contributed by atoms with Crippen molar-refractivity contribution in [2.24, 2.45) is 0 Å². The Bertz CT molecular complexity index is 1350. The molecule has 3 heterocycles. The molecule has 1 aromatic heterocycles. The van der Waals surface area contributed by atoms with E-state index >= 15 is 0 Å². The molecule has 0 aliphatic carbocycles. The Morgan fingerprint density at radius 3 is 2.71 bits per heavy atom. The number of hydrogen-bond donors (Lipinski definition) is 0. The Balaban J connectivity index is 1.22. The molecule has 3 aromatic rings. The lowest BCUT2D eigenvalue weighted by Crippen LogP contribution is -2.48. The molecule has 2 aromatic carbocycles. The minimum absolute atomic E-state index is 0.253. The summed E-state index contributed by atoms with van der Waals surface area (Å²) in [5.74, 6) is 0.998. The monoisotopic (exact) mass is 557 g/mol. The molecular weight excluding hydrogens is 525 g/mol. The Morgan fingerprint density at radius 2 is 2.00 bits per heavy atom. The van der Waals surface area contributed by atoms with E-state index in [1.165, 1.54) is 18.2 Å². The third-order valence-corrected chi connectivity index (χ3v) is 8.69. The molecule has 0 amide bonds. The van der Waals surface area contributed by atoms with E-state index < -0.39 is 0 Å². The van der Waals surface area contributed by atoms with Crippen molar-refractivity contribution in [1.29, 1.82) is 0 Å². The smallest absolute Gasteiger partial charge is 0.337 e. The predicted molar refractivity (Wildman–Crippen MR) is 150 cm³/mol. The second kappa shape index (κ2) is 11.7. The number of esters is 1. The molecule has 0 atom stereocenters. The average Bonchev–Trinajstić information content (AvgIpc) is 3.46. The summed E-state index contributed by atoms with van der Waals surface area (Å²) in [7, 11) is 3.51. The summed E-state index contributed by atoms with van der Waals surface area (Å²) in [5, 5.41) is 6.27. The molecule has 202 valence electrons. The minimum Gasteiger partial charge on any atom is -0.465 e. The number of fused-ring (bicyclic) bond motifs is 1. The Hall–Kier alpha value is -2.59. The van der Waals surface area contributed by atoms with Crippen LogP contribution in [-0.4, -0.2) is 70.3 Å².